The average molecular weight is 354 g/mol. The minimum absolute atomic E-state index is 0.188. The SMILES string of the molecule is O=C(CCc1n[nH]c(=O)[nH]1)NCCn1nc(-c2ccccc2)ccc1=O. The van der Waals surface area contributed by atoms with Crippen LogP contribution in [0.15, 0.2) is 52.1 Å². The van der Waals surface area contributed by atoms with E-state index in [0.29, 0.717) is 17.9 Å². The molecule has 0 fully saturated rings. The van der Waals surface area contributed by atoms with Crippen LogP contribution < -0.4 is 16.6 Å². The second-order valence-electron chi connectivity index (χ2n) is 5.62. The lowest BCUT2D eigenvalue weighted by Crippen LogP contribution is -2.32. The Morgan fingerprint density at radius 1 is 1.12 bits per heavy atom. The molecule has 0 saturated carbocycles. The van der Waals surface area contributed by atoms with E-state index in [-0.39, 0.29) is 31.0 Å². The third kappa shape index (κ3) is 4.53. The van der Waals surface area contributed by atoms with Gasteiger partial charge in [-0.2, -0.15) is 10.2 Å². The number of aryl methyl sites for hydroxylation is 1. The van der Waals surface area contributed by atoms with Gasteiger partial charge in [0.1, 0.15) is 5.82 Å². The van der Waals surface area contributed by atoms with E-state index in [9.17, 15) is 14.4 Å². The Hall–Kier alpha value is -3.49. The van der Waals surface area contributed by atoms with Crippen molar-refractivity contribution in [3.05, 3.63) is 69.1 Å². The summed E-state index contributed by atoms with van der Waals surface area (Å²) in [6.07, 6.45) is 0.513. The first-order chi connectivity index (χ1) is 12.6. The van der Waals surface area contributed by atoms with Gasteiger partial charge in [-0.3, -0.25) is 14.6 Å². The molecule has 2 heterocycles. The molecule has 9 heteroatoms. The summed E-state index contributed by atoms with van der Waals surface area (Å²) in [5, 5.41) is 13.0. The molecule has 1 amide bonds. The summed E-state index contributed by atoms with van der Waals surface area (Å²) in [5.74, 6) is 0.236. The van der Waals surface area contributed by atoms with Gasteiger partial charge >= 0.3 is 5.69 Å². The van der Waals surface area contributed by atoms with Gasteiger partial charge in [0.15, 0.2) is 0 Å². The zero-order chi connectivity index (χ0) is 18.4. The van der Waals surface area contributed by atoms with E-state index >= 15 is 0 Å². The monoisotopic (exact) mass is 354 g/mol. The van der Waals surface area contributed by atoms with Crippen LogP contribution in [0.2, 0.25) is 0 Å². The van der Waals surface area contributed by atoms with Crippen molar-refractivity contribution in [2.75, 3.05) is 6.54 Å². The quantitative estimate of drug-likeness (QED) is 0.554. The zero-order valence-electron chi connectivity index (χ0n) is 13.9. The number of benzene rings is 1. The number of nitrogens with zero attached hydrogens (tertiary/aromatic N) is 3. The lowest BCUT2D eigenvalue weighted by Gasteiger charge is -2.08. The molecule has 9 nitrogen and oxygen atoms in total. The van der Waals surface area contributed by atoms with Gasteiger partial charge in [0.25, 0.3) is 5.56 Å². The Morgan fingerprint density at radius 2 is 1.92 bits per heavy atom. The fraction of sp³-hybridized carbons (Fsp3) is 0.235. The molecule has 3 aromatic rings. The van der Waals surface area contributed by atoms with Gasteiger partial charge in [0.05, 0.1) is 12.2 Å². The fourth-order valence-electron chi connectivity index (χ4n) is 2.42. The first kappa shape index (κ1) is 17.3. The lowest BCUT2D eigenvalue weighted by molar-refractivity contribution is -0.121. The van der Waals surface area contributed by atoms with Crippen LogP contribution >= 0.6 is 0 Å². The summed E-state index contributed by atoms with van der Waals surface area (Å²) in [6, 6.07) is 12.7. The minimum Gasteiger partial charge on any atom is -0.354 e. The first-order valence-electron chi connectivity index (χ1n) is 8.16. The Morgan fingerprint density at radius 3 is 2.65 bits per heavy atom. The highest BCUT2D eigenvalue weighted by Crippen LogP contribution is 2.13. The van der Waals surface area contributed by atoms with Crippen LogP contribution in [-0.2, 0) is 17.8 Å². The van der Waals surface area contributed by atoms with Crippen LogP contribution in [-0.4, -0.2) is 37.4 Å². The predicted molar refractivity (Wildman–Crippen MR) is 94.5 cm³/mol. The largest absolute Gasteiger partial charge is 0.354 e. The zero-order valence-corrected chi connectivity index (χ0v) is 13.9. The molecule has 0 aliphatic rings. The summed E-state index contributed by atoms with van der Waals surface area (Å²) in [7, 11) is 0. The molecule has 2 aromatic heterocycles. The highest BCUT2D eigenvalue weighted by Gasteiger charge is 2.06. The van der Waals surface area contributed by atoms with Gasteiger partial charge in [0, 0.05) is 31.0 Å². The van der Waals surface area contributed by atoms with Crippen molar-refractivity contribution in [3.8, 4) is 11.3 Å². The molecule has 0 atom stereocenters. The topological polar surface area (TPSA) is 126 Å². The molecule has 26 heavy (non-hydrogen) atoms. The number of aromatic nitrogens is 5. The molecule has 3 N–H and O–H groups in total. The minimum atomic E-state index is -0.399. The number of H-pyrrole nitrogens is 2. The number of hydrogen-bond donors (Lipinski definition) is 3. The fourth-order valence-corrected chi connectivity index (χ4v) is 2.42. The van der Waals surface area contributed by atoms with Gasteiger partial charge < -0.3 is 5.32 Å². The number of rotatable bonds is 7. The van der Waals surface area contributed by atoms with E-state index in [4.69, 9.17) is 0 Å². The van der Waals surface area contributed by atoms with Crippen molar-refractivity contribution in [3.63, 3.8) is 0 Å². The standard InChI is InChI=1S/C17H18N6O3/c24-15(8-7-14-19-17(26)21-20-14)18-10-11-23-16(25)9-6-13(22-23)12-4-2-1-3-5-12/h1-6,9H,7-8,10-11H2,(H,18,24)(H2,19,20,21,26). The van der Waals surface area contributed by atoms with E-state index in [1.54, 1.807) is 6.07 Å². The van der Waals surface area contributed by atoms with E-state index < -0.39 is 5.69 Å². The van der Waals surface area contributed by atoms with Crippen LogP contribution in [0.25, 0.3) is 11.3 Å². The number of carbonyl (C=O) groups is 1. The van der Waals surface area contributed by atoms with Gasteiger partial charge in [0.2, 0.25) is 5.91 Å². The van der Waals surface area contributed by atoms with Gasteiger partial charge in [-0.05, 0) is 6.07 Å². The third-order valence-electron chi connectivity index (χ3n) is 3.72. The maximum Gasteiger partial charge on any atom is 0.340 e. The maximum atomic E-state index is 11.9. The van der Waals surface area contributed by atoms with Crippen LogP contribution in [0.4, 0.5) is 0 Å². The van der Waals surface area contributed by atoms with Gasteiger partial charge in [-0.15, -0.1) is 0 Å². The highest BCUT2D eigenvalue weighted by molar-refractivity contribution is 5.75. The molecular weight excluding hydrogens is 336 g/mol. The van der Waals surface area contributed by atoms with Crippen molar-refractivity contribution in [2.24, 2.45) is 0 Å². The van der Waals surface area contributed by atoms with E-state index in [1.807, 2.05) is 30.3 Å². The molecular formula is C17H18N6O3. The number of hydrogen-bond acceptors (Lipinski definition) is 5. The number of nitrogens with one attached hydrogen (secondary N) is 3. The number of aromatic amines is 2. The predicted octanol–water partition coefficient (Wildman–Crippen LogP) is 0.0707. The summed E-state index contributed by atoms with van der Waals surface area (Å²) in [4.78, 5) is 37.2. The molecule has 0 radical (unpaired) electrons. The van der Waals surface area contributed by atoms with Crippen molar-refractivity contribution in [2.45, 2.75) is 19.4 Å². The van der Waals surface area contributed by atoms with Crippen molar-refractivity contribution >= 4 is 5.91 Å². The molecule has 3 rings (SSSR count). The van der Waals surface area contributed by atoms with Crippen molar-refractivity contribution < 1.29 is 4.79 Å². The maximum absolute atomic E-state index is 11.9. The Bertz CT molecular complexity index is 989. The molecule has 0 saturated heterocycles. The molecule has 0 bridgehead atoms. The number of amides is 1. The van der Waals surface area contributed by atoms with Crippen molar-refractivity contribution in [1.29, 1.82) is 0 Å². The molecule has 0 aliphatic heterocycles. The summed E-state index contributed by atoms with van der Waals surface area (Å²) in [5.41, 5.74) is 0.981. The smallest absolute Gasteiger partial charge is 0.340 e. The second-order valence-corrected chi connectivity index (χ2v) is 5.62. The van der Waals surface area contributed by atoms with Crippen molar-refractivity contribution in [1.82, 2.24) is 30.3 Å². The molecule has 0 aliphatic carbocycles. The van der Waals surface area contributed by atoms with E-state index in [0.717, 1.165) is 5.56 Å². The molecule has 0 spiro atoms. The lowest BCUT2D eigenvalue weighted by atomic mass is 10.1. The second kappa shape index (κ2) is 8.06. The van der Waals surface area contributed by atoms with Crippen LogP contribution in [0.3, 0.4) is 0 Å². The molecule has 0 unspecified atom stereocenters. The third-order valence-corrected chi connectivity index (χ3v) is 3.72. The van der Waals surface area contributed by atoms with Gasteiger partial charge in [-0.1, -0.05) is 30.3 Å². The summed E-state index contributed by atoms with van der Waals surface area (Å²) >= 11 is 0. The highest BCUT2D eigenvalue weighted by atomic mass is 16.2. The molecule has 134 valence electrons. The van der Waals surface area contributed by atoms with Gasteiger partial charge in [-0.25, -0.2) is 14.6 Å². The van der Waals surface area contributed by atoms with Crippen LogP contribution in [0, 0.1) is 0 Å². The average Bonchev–Trinajstić information content (AvgIpc) is 3.07. The van der Waals surface area contributed by atoms with E-state index in [1.165, 1.54) is 10.7 Å². The Labute approximate surface area is 148 Å². The summed E-state index contributed by atoms with van der Waals surface area (Å²) < 4.78 is 1.33. The summed E-state index contributed by atoms with van der Waals surface area (Å²) in [6.45, 7) is 0.547. The van der Waals surface area contributed by atoms with E-state index in [2.05, 4.69) is 25.6 Å². The normalized spacial score (nSPS) is 10.6. The van der Waals surface area contributed by atoms with Crippen LogP contribution in [0.1, 0.15) is 12.2 Å². The number of carbonyl (C=O) groups excluding carboxylic acids is 1. The Balaban J connectivity index is 1.53. The first-order valence-corrected chi connectivity index (χ1v) is 8.16. The van der Waals surface area contributed by atoms with Crippen LogP contribution in [0.5, 0.6) is 0 Å². The molecule has 1 aromatic carbocycles. The Kier molecular flexibility index (Phi) is 5.37.